The van der Waals surface area contributed by atoms with Crippen molar-refractivity contribution in [3.63, 3.8) is 0 Å². The van der Waals surface area contributed by atoms with E-state index in [-0.39, 0.29) is 12.2 Å². The van der Waals surface area contributed by atoms with E-state index < -0.39 is 53.3 Å². The number of carbonyl (C=O) groups is 3. The van der Waals surface area contributed by atoms with Crippen LogP contribution in [0.15, 0.2) is 24.3 Å². The molecule has 0 amide bonds. The molecule has 2 N–H and O–H groups in total. The number of carbonyl (C=O) groups excluding carboxylic acids is 3. The molecule has 4 atom stereocenters. The summed E-state index contributed by atoms with van der Waals surface area (Å²) in [5.41, 5.74) is -1.23. The summed E-state index contributed by atoms with van der Waals surface area (Å²) in [5, 5.41) is 20.5. The Hall–Kier alpha value is -2.41. The summed E-state index contributed by atoms with van der Waals surface area (Å²) in [5.74, 6) is -5.31. The molecule has 1 aliphatic rings. The fourth-order valence-corrected chi connectivity index (χ4v) is 3.72. The van der Waals surface area contributed by atoms with Gasteiger partial charge >= 0.3 is 11.9 Å². The molecule has 1 aromatic carbocycles. The zero-order chi connectivity index (χ0) is 21.2. The van der Waals surface area contributed by atoms with Crippen molar-refractivity contribution in [3.8, 4) is 5.75 Å². The van der Waals surface area contributed by atoms with Gasteiger partial charge in [-0.2, -0.15) is 0 Å². The van der Waals surface area contributed by atoms with Crippen LogP contribution >= 0.6 is 0 Å². The summed E-state index contributed by atoms with van der Waals surface area (Å²) in [4.78, 5) is 38.4. The maximum atomic E-state index is 12.9. The third-order valence-corrected chi connectivity index (χ3v) is 4.76. The van der Waals surface area contributed by atoms with Crippen LogP contribution in [0.4, 0.5) is 0 Å². The molecule has 7 heteroatoms. The molecule has 0 unspecified atom stereocenters. The van der Waals surface area contributed by atoms with Crippen LogP contribution < -0.4 is 0 Å². The van der Waals surface area contributed by atoms with Gasteiger partial charge in [-0.3, -0.25) is 14.4 Å². The molecule has 0 bridgehead atoms. The highest BCUT2D eigenvalue weighted by molar-refractivity contribution is 6.02. The van der Waals surface area contributed by atoms with E-state index in [1.54, 1.807) is 27.7 Å². The lowest BCUT2D eigenvalue weighted by atomic mass is 9.61. The molecule has 0 aromatic heterocycles. The normalized spacial score (nSPS) is 27.7. The average molecular weight is 392 g/mol. The smallest absolute Gasteiger partial charge is 0.317 e. The minimum absolute atomic E-state index is 0.000241. The third kappa shape index (κ3) is 4.70. The number of aromatic hydroxyl groups is 1. The van der Waals surface area contributed by atoms with Gasteiger partial charge < -0.3 is 19.7 Å². The Morgan fingerprint density at radius 3 is 2.04 bits per heavy atom. The van der Waals surface area contributed by atoms with Crippen molar-refractivity contribution < 1.29 is 34.1 Å². The lowest BCUT2D eigenvalue weighted by Gasteiger charge is -2.44. The first kappa shape index (κ1) is 21.9. The van der Waals surface area contributed by atoms with E-state index in [0.717, 1.165) is 0 Å². The molecular formula is C21H28O7. The van der Waals surface area contributed by atoms with Crippen molar-refractivity contribution in [3.05, 3.63) is 29.8 Å². The zero-order valence-electron chi connectivity index (χ0n) is 16.8. The van der Waals surface area contributed by atoms with Gasteiger partial charge in [-0.15, -0.1) is 0 Å². The number of hydrogen-bond donors (Lipinski definition) is 2. The third-order valence-electron chi connectivity index (χ3n) is 4.76. The Morgan fingerprint density at radius 1 is 1.04 bits per heavy atom. The Kier molecular flexibility index (Phi) is 6.49. The second kappa shape index (κ2) is 8.31. The van der Waals surface area contributed by atoms with E-state index in [9.17, 15) is 24.6 Å². The van der Waals surface area contributed by atoms with Crippen LogP contribution in [0.25, 0.3) is 0 Å². The van der Waals surface area contributed by atoms with E-state index in [1.807, 2.05) is 0 Å². The highest BCUT2D eigenvalue weighted by Gasteiger charge is 2.57. The molecule has 1 fully saturated rings. The van der Waals surface area contributed by atoms with Gasteiger partial charge in [-0.25, -0.2) is 0 Å². The minimum atomic E-state index is -1.69. The molecule has 1 aliphatic carbocycles. The molecule has 2 rings (SSSR count). The maximum Gasteiger partial charge on any atom is 0.317 e. The van der Waals surface area contributed by atoms with Crippen LogP contribution in [0.5, 0.6) is 5.75 Å². The molecular weight excluding hydrogens is 364 g/mol. The number of Topliss-reactive ketones (excluding diaryl/α,β-unsaturated/α-hetero) is 1. The van der Waals surface area contributed by atoms with Gasteiger partial charge in [0.1, 0.15) is 11.7 Å². The van der Waals surface area contributed by atoms with Crippen molar-refractivity contribution in [2.24, 2.45) is 11.8 Å². The predicted molar refractivity (Wildman–Crippen MR) is 101 cm³/mol. The van der Waals surface area contributed by atoms with E-state index in [4.69, 9.17) is 9.47 Å². The number of ether oxygens (including phenoxy) is 2. The van der Waals surface area contributed by atoms with E-state index in [0.29, 0.717) is 5.56 Å². The minimum Gasteiger partial charge on any atom is -0.508 e. The van der Waals surface area contributed by atoms with Gasteiger partial charge in [-0.05, 0) is 52.3 Å². The van der Waals surface area contributed by atoms with Gasteiger partial charge in [0.05, 0.1) is 23.7 Å². The molecule has 1 aromatic rings. The summed E-state index contributed by atoms with van der Waals surface area (Å²) in [7, 11) is 0. The van der Waals surface area contributed by atoms with Gasteiger partial charge in [0.2, 0.25) is 0 Å². The highest BCUT2D eigenvalue weighted by atomic mass is 16.5. The van der Waals surface area contributed by atoms with Gasteiger partial charge in [0.15, 0.2) is 5.78 Å². The van der Waals surface area contributed by atoms with Gasteiger partial charge in [-0.1, -0.05) is 12.1 Å². The van der Waals surface area contributed by atoms with E-state index >= 15 is 0 Å². The summed E-state index contributed by atoms with van der Waals surface area (Å²) in [6.07, 6.45) is -1.23. The van der Waals surface area contributed by atoms with Crippen LogP contribution in [0.1, 0.15) is 52.5 Å². The van der Waals surface area contributed by atoms with Crippen molar-refractivity contribution >= 4 is 17.7 Å². The standard InChI is InChI=1S/C21H28O7/c1-11(2)27-19(24)17-15(23)10-21(5,26)18(20(25)28-12(3)4)16(17)13-6-8-14(22)9-7-13/h6-9,11-12,16-18,22,26H,10H2,1-5H3/t16-,17-,18-,21+/m1/s1. The van der Waals surface area contributed by atoms with Crippen LogP contribution in [-0.4, -0.2) is 45.7 Å². The summed E-state index contributed by atoms with van der Waals surface area (Å²) >= 11 is 0. The van der Waals surface area contributed by atoms with E-state index in [1.165, 1.54) is 31.2 Å². The van der Waals surface area contributed by atoms with Crippen LogP contribution in [0, 0.1) is 11.8 Å². The number of benzene rings is 1. The topological polar surface area (TPSA) is 110 Å². The number of rotatable bonds is 5. The Morgan fingerprint density at radius 2 is 1.54 bits per heavy atom. The average Bonchev–Trinajstić information content (AvgIpc) is 2.52. The number of aliphatic hydroxyl groups is 1. The SMILES string of the molecule is CC(C)OC(=O)[C@@H]1C(=O)C[C@](C)(O)[C@@H](C(=O)OC(C)C)[C@@H]1c1ccc(O)cc1. The monoisotopic (exact) mass is 392 g/mol. The molecule has 0 radical (unpaired) electrons. The molecule has 0 saturated heterocycles. The molecule has 0 heterocycles. The second-order valence-electron chi connectivity index (χ2n) is 8.04. The first-order valence-corrected chi connectivity index (χ1v) is 9.39. The Balaban J connectivity index is 2.59. The first-order chi connectivity index (χ1) is 12.9. The largest absolute Gasteiger partial charge is 0.508 e. The van der Waals surface area contributed by atoms with Crippen molar-refractivity contribution in [2.45, 2.75) is 64.8 Å². The Bertz CT molecular complexity index is 726. The van der Waals surface area contributed by atoms with Crippen LogP contribution in [-0.2, 0) is 23.9 Å². The first-order valence-electron chi connectivity index (χ1n) is 9.39. The second-order valence-corrected chi connectivity index (χ2v) is 8.04. The Labute approximate surface area is 164 Å². The van der Waals surface area contributed by atoms with Gasteiger partial charge in [0.25, 0.3) is 0 Å². The predicted octanol–water partition coefficient (Wildman–Crippen LogP) is 2.34. The number of hydrogen-bond acceptors (Lipinski definition) is 7. The molecule has 28 heavy (non-hydrogen) atoms. The van der Waals surface area contributed by atoms with Crippen molar-refractivity contribution in [1.82, 2.24) is 0 Å². The van der Waals surface area contributed by atoms with Gasteiger partial charge in [0, 0.05) is 12.3 Å². The molecule has 1 saturated carbocycles. The molecule has 154 valence electrons. The maximum absolute atomic E-state index is 12.9. The number of ketones is 1. The molecule has 7 nitrogen and oxygen atoms in total. The van der Waals surface area contributed by atoms with Crippen LogP contribution in [0.3, 0.4) is 0 Å². The van der Waals surface area contributed by atoms with Crippen molar-refractivity contribution in [1.29, 1.82) is 0 Å². The quantitative estimate of drug-likeness (QED) is 0.584. The number of esters is 2. The fourth-order valence-electron chi connectivity index (χ4n) is 3.72. The fraction of sp³-hybridized carbons (Fsp3) is 0.571. The number of phenols is 1. The summed E-state index contributed by atoms with van der Waals surface area (Å²) < 4.78 is 10.6. The molecule has 0 aliphatic heterocycles. The molecule has 0 spiro atoms. The summed E-state index contributed by atoms with van der Waals surface area (Å²) in [6.45, 7) is 8.10. The van der Waals surface area contributed by atoms with Crippen molar-refractivity contribution in [2.75, 3.05) is 0 Å². The number of phenolic OH excluding ortho intramolecular Hbond substituents is 1. The van der Waals surface area contributed by atoms with Crippen LogP contribution in [0.2, 0.25) is 0 Å². The van der Waals surface area contributed by atoms with E-state index in [2.05, 4.69) is 0 Å². The zero-order valence-corrected chi connectivity index (χ0v) is 16.8. The lowest BCUT2D eigenvalue weighted by molar-refractivity contribution is -0.176. The highest BCUT2D eigenvalue weighted by Crippen LogP contribution is 2.47. The summed E-state index contributed by atoms with van der Waals surface area (Å²) in [6, 6.07) is 5.86. The lowest BCUT2D eigenvalue weighted by Crippen LogP contribution is -2.55.